The minimum absolute atomic E-state index is 0.0603. The molecule has 0 aliphatic carbocycles. The van der Waals surface area contributed by atoms with Crippen molar-refractivity contribution in [2.75, 3.05) is 23.2 Å². The van der Waals surface area contributed by atoms with Crippen LogP contribution in [0.15, 0.2) is 108 Å². The van der Waals surface area contributed by atoms with Crippen molar-refractivity contribution in [3.63, 3.8) is 0 Å². The molecule has 0 spiro atoms. The molecule has 4 amide bonds. The number of amides is 4. The van der Waals surface area contributed by atoms with Crippen molar-refractivity contribution >= 4 is 81.7 Å². The smallest absolute Gasteiger partial charge is 0.416 e. The van der Waals surface area contributed by atoms with Crippen molar-refractivity contribution in [2.45, 2.75) is 6.18 Å². The normalized spacial score (nSPS) is 15.4. The first-order chi connectivity index (χ1) is 26.1. The van der Waals surface area contributed by atoms with Gasteiger partial charge in [-0.15, -0.1) is 0 Å². The summed E-state index contributed by atoms with van der Waals surface area (Å²) in [5, 5.41) is 19.2. The number of anilines is 2. The molecular weight excluding hydrogens is 844 g/mol. The molecule has 6 rings (SSSR count). The van der Waals surface area contributed by atoms with Crippen LogP contribution in [0.25, 0.3) is 12.2 Å². The average Bonchev–Trinajstić information content (AvgIpc) is 3.59. The highest BCUT2D eigenvalue weighted by molar-refractivity contribution is 14.1. The van der Waals surface area contributed by atoms with Crippen LogP contribution in [0.1, 0.15) is 16.7 Å². The maximum absolute atomic E-state index is 12.9. The van der Waals surface area contributed by atoms with Crippen LogP contribution in [0.4, 0.5) is 24.5 Å². The number of hydrogen-bond donors (Lipinski definition) is 4. The number of hydrogen-bond acceptors (Lipinski definition) is 8. The van der Waals surface area contributed by atoms with Crippen molar-refractivity contribution < 1.29 is 61.6 Å². The zero-order valence-electron chi connectivity index (χ0n) is 27.9. The molecule has 2 fully saturated rings. The Labute approximate surface area is 322 Å². The number of nitrogens with zero attached hydrogens (tertiary/aromatic N) is 2. The van der Waals surface area contributed by atoms with E-state index in [0.717, 1.165) is 26.8 Å². The van der Waals surface area contributed by atoms with Gasteiger partial charge in [0.1, 0.15) is 22.6 Å². The molecule has 4 aromatic carbocycles. The second kappa shape index (κ2) is 17.0. The summed E-state index contributed by atoms with van der Waals surface area (Å²) >= 11 is 2.15. The van der Waals surface area contributed by atoms with E-state index in [1.165, 1.54) is 47.5 Å². The molecule has 55 heavy (non-hydrogen) atoms. The van der Waals surface area contributed by atoms with Crippen LogP contribution < -0.4 is 30.3 Å². The van der Waals surface area contributed by atoms with E-state index in [4.69, 9.17) is 19.7 Å². The Balaban J connectivity index is 0.000000212. The molecule has 4 N–H and O–H groups in total. The van der Waals surface area contributed by atoms with Gasteiger partial charge in [-0.3, -0.25) is 30.0 Å². The molecule has 18 heteroatoms. The van der Waals surface area contributed by atoms with Gasteiger partial charge in [0.25, 0.3) is 23.6 Å². The number of nitrogens with one attached hydrogen (secondary N) is 2. The molecule has 0 radical (unpaired) electrons. The van der Waals surface area contributed by atoms with Gasteiger partial charge in [0.15, 0.2) is 13.2 Å². The number of para-hydroxylation sites is 1. The third kappa shape index (κ3) is 10.0. The van der Waals surface area contributed by atoms with E-state index < -0.39 is 60.5 Å². The van der Waals surface area contributed by atoms with Gasteiger partial charge in [-0.2, -0.15) is 13.2 Å². The van der Waals surface area contributed by atoms with E-state index in [2.05, 4.69) is 33.4 Å². The summed E-state index contributed by atoms with van der Waals surface area (Å²) in [6.07, 6.45) is -1.93. The molecule has 4 aromatic rings. The molecule has 2 aliphatic heterocycles. The fraction of sp³-hybridized carbons (Fsp3) is 0.0811. The number of carboxylic acid groups (broad SMARTS) is 2. The number of halogens is 4. The number of benzene rings is 4. The maximum Gasteiger partial charge on any atom is 0.416 e. The number of aliphatic carboxylic acids is 2. The van der Waals surface area contributed by atoms with Crippen molar-refractivity contribution in [2.24, 2.45) is 0 Å². The molecule has 0 saturated carbocycles. The average molecular weight is 871 g/mol. The first-order valence-electron chi connectivity index (χ1n) is 15.7. The van der Waals surface area contributed by atoms with Gasteiger partial charge in [-0.05, 0) is 101 Å². The van der Waals surface area contributed by atoms with Crippen molar-refractivity contribution in [1.29, 1.82) is 0 Å². The third-order valence-electron chi connectivity index (χ3n) is 7.42. The van der Waals surface area contributed by atoms with E-state index >= 15 is 0 Å². The summed E-state index contributed by atoms with van der Waals surface area (Å²) in [6, 6.07) is 23.6. The van der Waals surface area contributed by atoms with Gasteiger partial charge in [0.05, 0.1) is 16.9 Å². The summed E-state index contributed by atoms with van der Waals surface area (Å²) < 4.78 is 49.8. The topological polar surface area (TPSA) is 192 Å². The quantitative estimate of drug-likeness (QED) is 0.0974. The number of carbonyl (C=O) groups is 6. The Bertz CT molecular complexity index is 2230. The van der Waals surface area contributed by atoms with Gasteiger partial charge in [-0.1, -0.05) is 36.4 Å². The van der Waals surface area contributed by atoms with Crippen LogP contribution in [0.3, 0.4) is 0 Å². The van der Waals surface area contributed by atoms with E-state index in [-0.39, 0.29) is 28.3 Å². The van der Waals surface area contributed by atoms with Crippen molar-refractivity contribution in [3.05, 3.63) is 128 Å². The predicted molar refractivity (Wildman–Crippen MR) is 197 cm³/mol. The molecule has 0 unspecified atom stereocenters. The molecule has 0 aromatic heterocycles. The summed E-state index contributed by atoms with van der Waals surface area (Å²) in [4.78, 5) is 70.7. The maximum atomic E-state index is 12.9. The zero-order valence-corrected chi connectivity index (χ0v) is 30.0. The summed E-state index contributed by atoms with van der Waals surface area (Å²) in [5.74, 6) is -4.31. The Morgan fingerprint density at radius 2 is 1.25 bits per heavy atom. The van der Waals surface area contributed by atoms with Crippen LogP contribution in [0.2, 0.25) is 0 Å². The van der Waals surface area contributed by atoms with Gasteiger partial charge < -0.3 is 19.7 Å². The van der Waals surface area contributed by atoms with Crippen LogP contribution in [0.5, 0.6) is 11.5 Å². The Morgan fingerprint density at radius 3 is 1.85 bits per heavy atom. The monoisotopic (exact) mass is 870 g/mol. The molecule has 0 bridgehead atoms. The molecular formula is C37H26F3IN4O10. The second-order valence-corrected chi connectivity index (χ2v) is 12.5. The Morgan fingerprint density at radius 1 is 0.691 bits per heavy atom. The van der Waals surface area contributed by atoms with E-state index in [1.807, 2.05) is 12.1 Å². The molecule has 14 nitrogen and oxygen atoms in total. The number of carbonyl (C=O) groups excluding carboxylic acids is 4. The summed E-state index contributed by atoms with van der Waals surface area (Å²) in [7, 11) is 0. The minimum Gasteiger partial charge on any atom is -0.482 e. The highest BCUT2D eigenvalue weighted by Gasteiger charge is 2.37. The third-order valence-corrected chi connectivity index (χ3v) is 8.14. The largest absolute Gasteiger partial charge is 0.482 e. The van der Waals surface area contributed by atoms with Gasteiger partial charge in [0.2, 0.25) is 0 Å². The van der Waals surface area contributed by atoms with Crippen molar-refractivity contribution in [3.8, 4) is 11.5 Å². The molecule has 2 aliphatic rings. The summed E-state index contributed by atoms with van der Waals surface area (Å²) in [6.45, 7) is -1.04. The van der Waals surface area contributed by atoms with Crippen LogP contribution in [-0.4, -0.2) is 59.0 Å². The van der Waals surface area contributed by atoms with Crippen molar-refractivity contribution in [1.82, 2.24) is 10.9 Å². The number of rotatable bonds is 10. The number of hydrazine groups is 2. The number of ether oxygens (including phenoxy) is 2. The first kappa shape index (κ1) is 39.5. The van der Waals surface area contributed by atoms with Crippen LogP contribution in [-0.2, 0) is 34.9 Å². The fourth-order valence-corrected chi connectivity index (χ4v) is 5.25. The lowest BCUT2D eigenvalue weighted by Gasteiger charge is -2.16. The van der Waals surface area contributed by atoms with Gasteiger partial charge in [0, 0.05) is 9.13 Å². The van der Waals surface area contributed by atoms with E-state index in [1.54, 1.807) is 36.4 Å². The second-order valence-electron chi connectivity index (χ2n) is 11.3. The standard InChI is InChI=1S/C19H13F3N2O5.C18H13IN2O5/c20-19(21,22)12-2-1-3-13(9-12)24-18(28)15(17(27)23-24)8-11-4-6-14(7-5-11)29-10-16(25)26;19-12-5-7-13(8-6-12)21-18(25)14(17(24)20-21)9-11-3-1-2-4-15(11)26-10-16(22)23/h1-9H,10H2,(H,23,27)(H,25,26);1-9H,10H2,(H,20,24)(H,22,23). The van der Waals surface area contributed by atoms with Crippen LogP contribution >= 0.6 is 22.6 Å². The SMILES string of the molecule is O=C(O)COc1ccc(C=C2C(=O)NN(c3cccc(C(F)(F)F)c3)C2=O)cc1.O=C(O)COc1ccccc1C=C1C(=O)NN(c2ccc(I)cc2)C1=O. The van der Waals surface area contributed by atoms with Crippen LogP contribution in [0, 0.1) is 3.57 Å². The number of alkyl halides is 3. The lowest BCUT2D eigenvalue weighted by Crippen LogP contribution is -2.35. The van der Waals surface area contributed by atoms with Gasteiger partial charge >= 0.3 is 18.1 Å². The Kier molecular flexibility index (Phi) is 12.2. The first-order valence-corrected chi connectivity index (χ1v) is 16.7. The molecule has 2 heterocycles. The predicted octanol–water partition coefficient (Wildman–Crippen LogP) is 4.85. The zero-order chi connectivity index (χ0) is 39.9. The van der Waals surface area contributed by atoms with E-state index in [9.17, 15) is 41.9 Å². The van der Waals surface area contributed by atoms with Gasteiger partial charge in [-0.25, -0.2) is 19.6 Å². The highest BCUT2D eigenvalue weighted by Crippen LogP contribution is 2.33. The molecule has 282 valence electrons. The lowest BCUT2D eigenvalue weighted by molar-refractivity contribution is -0.140. The Hall–Kier alpha value is -6.70. The molecule has 2 saturated heterocycles. The minimum atomic E-state index is -4.59. The highest BCUT2D eigenvalue weighted by atomic mass is 127. The molecule has 0 atom stereocenters. The fourth-order valence-electron chi connectivity index (χ4n) is 4.89. The van der Waals surface area contributed by atoms with E-state index in [0.29, 0.717) is 16.8 Å². The lowest BCUT2D eigenvalue weighted by atomic mass is 10.1. The number of carboxylic acids is 2. The summed E-state index contributed by atoms with van der Waals surface area (Å²) in [5.41, 5.74) is 4.78.